The number of aliphatic hydroxyl groups is 4. The number of aliphatic hydroxyl groups excluding tert-OH is 4. The molecule has 0 aliphatic carbocycles. The fraction of sp³-hybridized carbons (Fsp3) is 1.00. The molecule has 0 saturated carbocycles. The van der Waals surface area contributed by atoms with Gasteiger partial charge in [0.05, 0.1) is 18.9 Å². The Hall–Kier alpha value is -0.370. The second kappa shape index (κ2) is 19.4. The van der Waals surface area contributed by atoms with Crippen molar-refractivity contribution in [1.29, 1.82) is 0 Å². The van der Waals surface area contributed by atoms with E-state index in [2.05, 4.69) is 0 Å². The normalized spacial score (nSPS) is 15.7. The molecule has 0 aliphatic rings. The number of rotatable bonds is 10. The Morgan fingerprint density at radius 3 is 1.27 bits per heavy atom. The predicted molar refractivity (Wildman–Crippen MR) is 100 cm³/mol. The average Bonchev–Trinajstić information content (AvgIpc) is 2.54. The Bertz CT molecular complexity index is 276. The van der Waals surface area contributed by atoms with Gasteiger partial charge in [-0.1, -0.05) is 41.5 Å². The SMILES string of the molecule is CC(C)C(CO)CF.CC(C)CC(O)C(O)CF.CC(C)CC(O)CF. The van der Waals surface area contributed by atoms with Crippen LogP contribution in [0.2, 0.25) is 0 Å². The Kier molecular flexibility index (Phi) is 22.6. The van der Waals surface area contributed by atoms with E-state index in [1.807, 2.05) is 41.5 Å². The first-order valence-corrected chi connectivity index (χ1v) is 9.29. The zero-order valence-corrected chi connectivity index (χ0v) is 17.2. The van der Waals surface area contributed by atoms with Crippen molar-refractivity contribution in [2.45, 2.75) is 72.7 Å². The maximum Gasteiger partial charge on any atom is 0.118 e. The zero-order valence-electron chi connectivity index (χ0n) is 17.2. The molecule has 4 atom stereocenters. The van der Waals surface area contributed by atoms with Crippen molar-refractivity contribution in [1.82, 2.24) is 0 Å². The average molecular weight is 391 g/mol. The van der Waals surface area contributed by atoms with Gasteiger partial charge in [0, 0.05) is 12.5 Å². The lowest BCUT2D eigenvalue weighted by Crippen LogP contribution is -2.28. The first-order valence-electron chi connectivity index (χ1n) is 9.29. The smallest absolute Gasteiger partial charge is 0.118 e. The molecule has 0 aromatic carbocycles. The molecule has 0 aliphatic heterocycles. The number of hydrogen-bond donors (Lipinski definition) is 4. The molecule has 26 heavy (non-hydrogen) atoms. The van der Waals surface area contributed by atoms with Gasteiger partial charge in [0.1, 0.15) is 19.5 Å². The molecule has 4 N–H and O–H groups in total. The minimum atomic E-state index is -1.21. The van der Waals surface area contributed by atoms with Gasteiger partial charge in [-0.3, -0.25) is 4.39 Å². The summed E-state index contributed by atoms with van der Waals surface area (Å²) in [5.74, 6) is 0.775. The third kappa shape index (κ3) is 21.7. The molecule has 0 aromatic heterocycles. The lowest BCUT2D eigenvalue weighted by atomic mass is 9.99. The topological polar surface area (TPSA) is 80.9 Å². The van der Waals surface area contributed by atoms with Gasteiger partial charge in [0.2, 0.25) is 0 Å². The van der Waals surface area contributed by atoms with Crippen LogP contribution in [0.4, 0.5) is 13.2 Å². The van der Waals surface area contributed by atoms with Crippen molar-refractivity contribution in [3.05, 3.63) is 0 Å². The van der Waals surface area contributed by atoms with Crippen molar-refractivity contribution in [2.75, 3.05) is 26.6 Å². The summed E-state index contributed by atoms with van der Waals surface area (Å²) in [6.45, 7) is 9.62. The highest BCUT2D eigenvalue weighted by Gasteiger charge is 2.16. The summed E-state index contributed by atoms with van der Waals surface area (Å²) in [6.07, 6.45) is -1.84. The molecule has 0 aromatic rings. The molecule has 0 saturated heterocycles. The minimum absolute atomic E-state index is 0.0336. The first-order chi connectivity index (χ1) is 12.0. The molecule has 0 heterocycles. The summed E-state index contributed by atoms with van der Waals surface area (Å²) >= 11 is 0. The van der Waals surface area contributed by atoms with Gasteiger partial charge in [0.25, 0.3) is 0 Å². The van der Waals surface area contributed by atoms with E-state index in [9.17, 15) is 13.2 Å². The highest BCUT2D eigenvalue weighted by molar-refractivity contribution is 4.67. The molecular weight excluding hydrogens is 349 g/mol. The van der Waals surface area contributed by atoms with E-state index >= 15 is 0 Å². The maximum atomic E-state index is 11.7. The van der Waals surface area contributed by atoms with Gasteiger partial charge >= 0.3 is 0 Å². The summed E-state index contributed by atoms with van der Waals surface area (Å²) in [5, 5.41) is 34.9. The van der Waals surface area contributed by atoms with E-state index in [-0.39, 0.29) is 24.4 Å². The largest absolute Gasteiger partial charge is 0.396 e. The van der Waals surface area contributed by atoms with Crippen LogP contribution in [0.3, 0.4) is 0 Å². The Labute approximate surface area is 157 Å². The third-order valence-corrected chi connectivity index (χ3v) is 3.61. The van der Waals surface area contributed by atoms with Gasteiger partial charge in [-0.25, -0.2) is 8.78 Å². The van der Waals surface area contributed by atoms with Crippen LogP contribution in [0.25, 0.3) is 0 Å². The number of halogens is 3. The van der Waals surface area contributed by atoms with E-state index in [1.165, 1.54) is 0 Å². The van der Waals surface area contributed by atoms with Gasteiger partial charge < -0.3 is 20.4 Å². The van der Waals surface area contributed by atoms with E-state index < -0.39 is 38.3 Å². The molecule has 4 nitrogen and oxygen atoms in total. The summed E-state index contributed by atoms with van der Waals surface area (Å²) < 4.78 is 34.9. The molecule has 0 radical (unpaired) electrons. The summed E-state index contributed by atoms with van der Waals surface area (Å²) in [4.78, 5) is 0. The van der Waals surface area contributed by atoms with Gasteiger partial charge in [-0.2, -0.15) is 0 Å². The number of hydrogen-bond acceptors (Lipinski definition) is 4. The quantitative estimate of drug-likeness (QED) is 0.461. The molecular formula is C19H41F3O4. The van der Waals surface area contributed by atoms with Crippen molar-refractivity contribution in [3.63, 3.8) is 0 Å². The van der Waals surface area contributed by atoms with Gasteiger partial charge in [-0.15, -0.1) is 0 Å². The Morgan fingerprint density at radius 2 is 1.12 bits per heavy atom. The second-order valence-electron chi connectivity index (χ2n) is 7.70. The van der Waals surface area contributed by atoms with Crippen LogP contribution >= 0.6 is 0 Å². The van der Waals surface area contributed by atoms with E-state index in [0.717, 1.165) is 0 Å². The highest BCUT2D eigenvalue weighted by atomic mass is 19.1. The first kappa shape index (κ1) is 30.4. The van der Waals surface area contributed by atoms with Gasteiger partial charge in [-0.05, 0) is 30.6 Å². The van der Waals surface area contributed by atoms with Crippen LogP contribution in [0, 0.1) is 23.7 Å². The molecule has 162 valence electrons. The number of alkyl halides is 3. The van der Waals surface area contributed by atoms with Crippen LogP contribution in [-0.2, 0) is 0 Å². The van der Waals surface area contributed by atoms with E-state index in [0.29, 0.717) is 18.8 Å². The lowest BCUT2D eigenvalue weighted by molar-refractivity contribution is -0.00524. The predicted octanol–water partition coefficient (Wildman–Crippen LogP) is 3.31. The molecule has 0 spiro atoms. The molecule has 0 fully saturated rings. The fourth-order valence-corrected chi connectivity index (χ4v) is 1.79. The monoisotopic (exact) mass is 390 g/mol. The van der Waals surface area contributed by atoms with Crippen LogP contribution in [0.5, 0.6) is 0 Å². The van der Waals surface area contributed by atoms with Crippen LogP contribution in [0.15, 0.2) is 0 Å². The third-order valence-electron chi connectivity index (χ3n) is 3.61. The van der Waals surface area contributed by atoms with E-state index in [1.54, 1.807) is 0 Å². The minimum Gasteiger partial charge on any atom is -0.396 e. The second-order valence-corrected chi connectivity index (χ2v) is 7.70. The zero-order chi connectivity index (χ0) is 21.3. The van der Waals surface area contributed by atoms with E-state index in [4.69, 9.17) is 20.4 Å². The maximum absolute atomic E-state index is 11.7. The Morgan fingerprint density at radius 1 is 0.654 bits per heavy atom. The molecule has 4 unspecified atom stereocenters. The summed E-state index contributed by atoms with van der Waals surface area (Å²) in [5.41, 5.74) is 0. The van der Waals surface area contributed by atoms with Gasteiger partial charge in [0.15, 0.2) is 0 Å². The molecule has 0 amide bonds. The fourth-order valence-electron chi connectivity index (χ4n) is 1.79. The van der Waals surface area contributed by atoms with Crippen LogP contribution < -0.4 is 0 Å². The Balaban J connectivity index is -0.000000308. The lowest BCUT2D eigenvalue weighted by Gasteiger charge is -2.16. The van der Waals surface area contributed by atoms with Crippen molar-refractivity contribution in [3.8, 4) is 0 Å². The van der Waals surface area contributed by atoms with Crippen molar-refractivity contribution < 1.29 is 33.6 Å². The summed E-state index contributed by atoms with van der Waals surface area (Å²) in [6, 6.07) is 0. The van der Waals surface area contributed by atoms with Crippen molar-refractivity contribution in [2.24, 2.45) is 23.7 Å². The molecule has 7 heteroatoms. The van der Waals surface area contributed by atoms with Crippen LogP contribution in [0.1, 0.15) is 54.4 Å². The summed E-state index contributed by atoms with van der Waals surface area (Å²) in [7, 11) is 0. The van der Waals surface area contributed by atoms with Crippen molar-refractivity contribution >= 4 is 0 Å². The highest BCUT2D eigenvalue weighted by Crippen LogP contribution is 2.09. The molecule has 0 bridgehead atoms. The molecule has 0 rings (SSSR count). The standard InChI is InChI=1S/C7H15FO2.2C6H13FO/c1-5(2)3-6(9)7(10)4-8;1-5(2)6(3-7)4-8;1-5(2)3-6(8)4-7/h5-7,9-10H,3-4H2,1-2H3;2*5-6,8H,3-4H2,1-2H3. The van der Waals surface area contributed by atoms with Crippen LogP contribution in [-0.4, -0.2) is 65.4 Å².